The molecule has 30 heavy (non-hydrogen) atoms. The molecule has 2 heterocycles. The molecule has 158 valence electrons. The SMILES string of the molecule is CCc1ccccc1NC(=O)CN1CCN(C(=O)[C@H]2COc3ccccc3O2)CC1. The Hall–Kier alpha value is -3.06. The van der Waals surface area contributed by atoms with Crippen molar-refractivity contribution in [2.45, 2.75) is 19.4 Å². The van der Waals surface area contributed by atoms with Crippen LogP contribution >= 0.6 is 0 Å². The molecule has 0 spiro atoms. The molecular formula is C23H27N3O4. The van der Waals surface area contributed by atoms with Crippen LogP contribution in [0.5, 0.6) is 11.5 Å². The molecule has 0 radical (unpaired) electrons. The van der Waals surface area contributed by atoms with Crippen molar-refractivity contribution in [3.05, 3.63) is 54.1 Å². The van der Waals surface area contributed by atoms with Crippen molar-refractivity contribution in [1.82, 2.24) is 9.80 Å². The van der Waals surface area contributed by atoms with Crippen LogP contribution in [-0.4, -0.2) is 67.0 Å². The normalized spacial score (nSPS) is 18.7. The molecule has 4 rings (SSSR count). The second kappa shape index (κ2) is 9.17. The molecule has 2 aromatic rings. The van der Waals surface area contributed by atoms with E-state index in [0.29, 0.717) is 44.2 Å². The third-order valence-electron chi connectivity index (χ3n) is 5.51. The lowest BCUT2D eigenvalue weighted by Crippen LogP contribution is -2.54. The molecule has 7 heteroatoms. The molecular weight excluding hydrogens is 382 g/mol. The van der Waals surface area contributed by atoms with E-state index >= 15 is 0 Å². The Balaban J connectivity index is 1.26. The molecule has 1 fully saturated rings. The van der Waals surface area contributed by atoms with Crippen LogP contribution < -0.4 is 14.8 Å². The number of ether oxygens (including phenoxy) is 2. The number of hydrogen-bond acceptors (Lipinski definition) is 5. The van der Waals surface area contributed by atoms with Gasteiger partial charge in [-0.05, 0) is 30.2 Å². The Morgan fingerprint density at radius 2 is 1.70 bits per heavy atom. The third-order valence-corrected chi connectivity index (χ3v) is 5.51. The number of rotatable bonds is 5. The van der Waals surface area contributed by atoms with Crippen LogP contribution in [0.4, 0.5) is 5.69 Å². The minimum atomic E-state index is -0.625. The highest BCUT2D eigenvalue weighted by molar-refractivity contribution is 5.93. The lowest BCUT2D eigenvalue weighted by molar-refractivity contribution is -0.143. The van der Waals surface area contributed by atoms with Crippen LogP contribution in [0.2, 0.25) is 0 Å². The number of hydrogen-bond donors (Lipinski definition) is 1. The van der Waals surface area contributed by atoms with Gasteiger partial charge >= 0.3 is 0 Å². The van der Waals surface area contributed by atoms with Crippen LogP contribution in [-0.2, 0) is 16.0 Å². The number of aryl methyl sites for hydroxylation is 1. The van der Waals surface area contributed by atoms with E-state index in [2.05, 4.69) is 17.1 Å². The molecule has 0 aromatic heterocycles. The molecule has 1 N–H and O–H groups in total. The highest BCUT2D eigenvalue weighted by Gasteiger charge is 2.32. The lowest BCUT2D eigenvalue weighted by Gasteiger charge is -2.36. The summed E-state index contributed by atoms with van der Waals surface area (Å²) in [6.45, 7) is 5.04. The average molecular weight is 409 g/mol. The van der Waals surface area contributed by atoms with Crippen molar-refractivity contribution in [3.63, 3.8) is 0 Å². The van der Waals surface area contributed by atoms with Crippen LogP contribution in [0.25, 0.3) is 0 Å². The maximum atomic E-state index is 12.8. The quantitative estimate of drug-likeness (QED) is 0.820. The van der Waals surface area contributed by atoms with Crippen LogP contribution in [0.1, 0.15) is 12.5 Å². The summed E-state index contributed by atoms with van der Waals surface area (Å²) in [5, 5.41) is 3.01. The van der Waals surface area contributed by atoms with E-state index in [4.69, 9.17) is 9.47 Å². The number of benzene rings is 2. The lowest BCUT2D eigenvalue weighted by atomic mass is 10.1. The molecule has 2 aliphatic rings. The minimum absolute atomic E-state index is 0.0312. The van der Waals surface area contributed by atoms with Gasteiger partial charge in [0.2, 0.25) is 12.0 Å². The van der Waals surface area contributed by atoms with E-state index in [1.807, 2.05) is 48.5 Å². The molecule has 0 bridgehead atoms. The Kier molecular flexibility index (Phi) is 6.18. The third kappa shape index (κ3) is 4.57. The first-order chi connectivity index (χ1) is 14.6. The Morgan fingerprint density at radius 3 is 2.47 bits per heavy atom. The molecule has 0 saturated carbocycles. The van der Waals surface area contributed by atoms with Gasteiger partial charge < -0.3 is 19.7 Å². The van der Waals surface area contributed by atoms with E-state index < -0.39 is 6.10 Å². The summed E-state index contributed by atoms with van der Waals surface area (Å²) < 4.78 is 11.5. The average Bonchev–Trinajstić information content (AvgIpc) is 2.79. The first-order valence-electron chi connectivity index (χ1n) is 10.4. The van der Waals surface area contributed by atoms with Gasteiger partial charge in [-0.1, -0.05) is 37.3 Å². The largest absolute Gasteiger partial charge is 0.485 e. The zero-order valence-corrected chi connectivity index (χ0v) is 17.2. The summed E-state index contributed by atoms with van der Waals surface area (Å²) in [6, 6.07) is 15.2. The first-order valence-corrected chi connectivity index (χ1v) is 10.4. The number of fused-ring (bicyclic) bond motifs is 1. The van der Waals surface area contributed by atoms with Gasteiger partial charge in [0.05, 0.1) is 6.54 Å². The molecule has 0 aliphatic carbocycles. The van der Waals surface area contributed by atoms with Gasteiger partial charge in [-0.3, -0.25) is 14.5 Å². The highest BCUT2D eigenvalue weighted by Crippen LogP contribution is 2.31. The number of carbonyl (C=O) groups is 2. The summed E-state index contributed by atoms with van der Waals surface area (Å²) in [5.41, 5.74) is 1.99. The molecule has 2 aliphatic heterocycles. The molecule has 2 aromatic carbocycles. The molecule has 1 saturated heterocycles. The van der Waals surface area contributed by atoms with Gasteiger partial charge in [-0.25, -0.2) is 0 Å². The van der Waals surface area contributed by atoms with E-state index in [-0.39, 0.29) is 18.4 Å². The van der Waals surface area contributed by atoms with Crippen molar-refractivity contribution in [3.8, 4) is 11.5 Å². The Morgan fingerprint density at radius 1 is 1.00 bits per heavy atom. The monoisotopic (exact) mass is 409 g/mol. The molecule has 7 nitrogen and oxygen atoms in total. The minimum Gasteiger partial charge on any atom is -0.485 e. The summed E-state index contributed by atoms with van der Waals surface area (Å²) in [6.07, 6.45) is 0.245. The topological polar surface area (TPSA) is 71.1 Å². The van der Waals surface area contributed by atoms with Gasteiger partial charge in [0, 0.05) is 31.9 Å². The predicted molar refractivity (Wildman–Crippen MR) is 114 cm³/mol. The predicted octanol–water partition coefficient (Wildman–Crippen LogP) is 2.17. The second-order valence-corrected chi connectivity index (χ2v) is 7.52. The maximum Gasteiger partial charge on any atom is 0.267 e. The molecule has 0 unspecified atom stereocenters. The second-order valence-electron chi connectivity index (χ2n) is 7.52. The first kappa shape index (κ1) is 20.2. The van der Waals surface area contributed by atoms with Crippen molar-refractivity contribution in [1.29, 1.82) is 0 Å². The van der Waals surface area contributed by atoms with Crippen LogP contribution in [0, 0.1) is 0 Å². The van der Waals surface area contributed by atoms with Gasteiger partial charge in [0.25, 0.3) is 5.91 Å². The standard InChI is InChI=1S/C23H27N3O4/c1-2-17-7-3-4-8-18(17)24-22(27)15-25-11-13-26(14-12-25)23(28)21-16-29-19-9-5-6-10-20(19)30-21/h3-10,21H,2,11-16H2,1H3,(H,24,27)/t21-/m1/s1. The van der Waals surface area contributed by atoms with Crippen LogP contribution in [0.3, 0.4) is 0 Å². The van der Waals surface area contributed by atoms with E-state index in [1.54, 1.807) is 4.90 Å². The van der Waals surface area contributed by atoms with E-state index in [1.165, 1.54) is 0 Å². The van der Waals surface area contributed by atoms with E-state index in [9.17, 15) is 9.59 Å². The zero-order valence-electron chi connectivity index (χ0n) is 17.2. The van der Waals surface area contributed by atoms with Gasteiger partial charge in [0.15, 0.2) is 11.5 Å². The fourth-order valence-corrected chi connectivity index (χ4v) is 3.81. The fraction of sp³-hybridized carbons (Fsp3) is 0.391. The number of piperazine rings is 1. The number of para-hydroxylation sites is 3. The fourth-order valence-electron chi connectivity index (χ4n) is 3.81. The molecule has 1 atom stereocenters. The zero-order chi connectivity index (χ0) is 20.9. The molecule has 2 amide bonds. The number of carbonyl (C=O) groups excluding carboxylic acids is 2. The number of nitrogens with one attached hydrogen (secondary N) is 1. The van der Waals surface area contributed by atoms with Crippen molar-refractivity contribution in [2.75, 3.05) is 44.6 Å². The highest BCUT2D eigenvalue weighted by atomic mass is 16.6. The van der Waals surface area contributed by atoms with Crippen molar-refractivity contribution in [2.24, 2.45) is 0 Å². The number of amides is 2. The Labute approximate surface area is 176 Å². The van der Waals surface area contributed by atoms with Crippen LogP contribution in [0.15, 0.2) is 48.5 Å². The summed E-state index contributed by atoms with van der Waals surface area (Å²) >= 11 is 0. The number of anilines is 1. The van der Waals surface area contributed by atoms with Gasteiger partial charge in [-0.2, -0.15) is 0 Å². The van der Waals surface area contributed by atoms with Gasteiger partial charge in [-0.15, -0.1) is 0 Å². The van der Waals surface area contributed by atoms with Crippen molar-refractivity contribution < 1.29 is 19.1 Å². The van der Waals surface area contributed by atoms with E-state index in [0.717, 1.165) is 17.7 Å². The van der Waals surface area contributed by atoms with Crippen molar-refractivity contribution >= 4 is 17.5 Å². The Bertz CT molecular complexity index is 909. The summed E-state index contributed by atoms with van der Waals surface area (Å²) in [4.78, 5) is 29.2. The number of nitrogens with zero attached hydrogens (tertiary/aromatic N) is 2. The summed E-state index contributed by atoms with van der Waals surface area (Å²) in [7, 11) is 0. The smallest absolute Gasteiger partial charge is 0.267 e. The maximum absolute atomic E-state index is 12.8. The van der Waals surface area contributed by atoms with Gasteiger partial charge in [0.1, 0.15) is 6.61 Å². The summed E-state index contributed by atoms with van der Waals surface area (Å²) in [5.74, 6) is 1.17.